The second kappa shape index (κ2) is 8.73. The molecule has 3 aromatic rings. The number of anilines is 1. The molecular weight excluding hydrogens is 410 g/mol. The van der Waals surface area contributed by atoms with Gasteiger partial charge in [-0.2, -0.15) is 5.10 Å². The molecule has 5 nitrogen and oxygen atoms in total. The Morgan fingerprint density at radius 3 is 2.34 bits per heavy atom. The van der Waals surface area contributed by atoms with E-state index < -0.39 is 0 Å². The van der Waals surface area contributed by atoms with Gasteiger partial charge in [-0.1, -0.05) is 0 Å². The average molecular weight is 437 g/mol. The van der Waals surface area contributed by atoms with Crippen LogP contribution in [0, 0.1) is 17.6 Å². The molecule has 1 fully saturated rings. The molecule has 1 N–H and O–H groups in total. The molecule has 0 saturated carbocycles. The van der Waals surface area contributed by atoms with E-state index in [-0.39, 0.29) is 17.5 Å². The van der Waals surface area contributed by atoms with Gasteiger partial charge < -0.3 is 10.2 Å². The van der Waals surface area contributed by atoms with Crippen LogP contribution in [0.5, 0.6) is 0 Å². The van der Waals surface area contributed by atoms with Crippen molar-refractivity contribution in [3.05, 3.63) is 77.1 Å². The van der Waals surface area contributed by atoms with Crippen molar-refractivity contribution in [3.8, 4) is 5.69 Å². The standard InChI is InChI=1S/C25H26F2N4O/c26-18-5-9-20(10-6-18)30-14-13-17(16-30)15-28-25(32)24-22-3-1-2-4-23(22)31(29-24)21-11-7-19(27)8-12-21/h5-12,17H,1-4,13-16H2,(H,28,32). The number of carbonyl (C=O) groups is 1. The van der Waals surface area contributed by atoms with Gasteiger partial charge in [0.2, 0.25) is 0 Å². The summed E-state index contributed by atoms with van der Waals surface area (Å²) in [4.78, 5) is 15.3. The Kier molecular flexibility index (Phi) is 5.64. The predicted octanol–water partition coefficient (Wildman–Crippen LogP) is 4.29. The van der Waals surface area contributed by atoms with E-state index in [0.29, 0.717) is 18.2 Å². The van der Waals surface area contributed by atoms with E-state index in [2.05, 4.69) is 15.3 Å². The van der Waals surface area contributed by atoms with Gasteiger partial charge in [-0.3, -0.25) is 4.79 Å². The Hall–Kier alpha value is -3.22. The largest absolute Gasteiger partial charge is 0.371 e. The highest BCUT2D eigenvalue weighted by molar-refractivity contribution is 5.94. The number of carbonyl (C=O) groups excluding carboxylic acids is 1. The van der Waals surface area contributed by atoms with E-state index in [9.17, 15) is 13.6 Å². The van der Waals surface area contributed by atoms with Crippen molar-refractivity contribution >= 4 is 11.6 Å². The second-order valence-corrected chi connectivity index (χ2v) is 8.66. The predicted molar refractivity (Wildman–Crippen MR) is 119 cm³/mol. The topological polar surface area (TPSA) is 50.2 Å². The first-order valence-electron chi connectivity index (χ1n) is 11.2. The molecule has 1 aromatic heterocycles. The van der Waals surface area contributed by atoms with Crippen molar-refractivity contribution in [1.82, 2.24) is 15.1 Å². The number of fused-ring (bicyclic) bond motifs is 1. The zero-order valence-electron chi connectivity index (χ0n) is 17.9. The molecule has 7 heteroatoms. The maximum absolute atomic E-state index is 13.4. The van der Waals surface area contributed by atoms with Crippen molar-refractivity contribution < 1.29 is 13.6 Å². The Morgan fingerprint density at radius 2 is 1.62 bits per heavy atom. The molecule has 1 aliphatic heterocycles. The smallest absolute Gasteiger partial charge is 0.272 e. The number of halogens is 2. The third-order valence-corrected chi connectivity index (χ3v) is 6.50. The van der Waals surface area contributed by atoms with Crippen LogP contribution >= 0.6 is 0 Å². The van der Waals surface area contributed by atoms with E-state index in [1.54, 1.807) is 28.9 Å². The normalized spacial score (nSPS) is 17.9. The number of hydrogen-bond acceptors (Lipinski definition) is 3. The van der Waals surface area contributed by atoms with Gasteiger partial charge in [0.25, 0.3) is 5.91 Å². The molecular formula is C25H26F2N4O. The van der Waals surface area contributed by atoms with Crippen LogP contribution in [-0.4, -0.2) is 35.3 Å². The molecule has 1 aliphatic carbocycles. The molecule has 32 heavy (non-hydrogen) atoms. The summed E-state index contributed by atoms with van der Waals surface area (Å²) in [7, 11) is 0. The fraction of sp³-hybridized carbons (Fsp3) is 0.360. The van der Waals surface area contributed by atoms with Gasteiger partial charge in [0.05, 0.1) is 5.69 Å². The minimum atomic E-state index is -0.293. The van der Waals surface area contributed by atoms with Gasteiger partial charge in [0.15, 0.2) is 5.69 Å². The van der Waals surface area contributed by atoms with Gasteiger partial charge in [0, 0.05) is 36.6 Å². The molecule has 1 saturated heterocycles. The number of aromatic nitrogens is 2. The average Bonchev–Trinajstić information content (AvgIpc) is 3.44. The van der Waals surface area contributed by atoms with Crippen LogP contribution in [0.1, 0.15) is 41.0 Å². The number of benzene rings is 2. The van der Waals surface area contributed by atoms with E-state index in [0.717, 1.165) is 67.8 Å². The number of nitrogens with zero attached hydrogens (tertiary/aromatic N) is 3. The van der Waals surface area contributed by atoms with Crippen LogP contribution in [0.25, 0.3) is 5.69 Å². The quantitative estimate of drug-likeness (QED) is 0.649. The number of amides is 1. The molecule has 0 spiro atoms. The first-order valence-corrected chi connectivity index (χ1v) is 11.2. The lowest BCUT2D eigenvalue weighted by atomic mass is 9.95. The molecule has 1 amide bonds. The van der Waals surface area contributed by atoms with Gasteiger partial charge in [-0.25, -0.2) is 13.5 Å². The van der Waals surface area contributed by atoms with Crippen LogP contribution < -0.4 is 10.2 Å². The monoisotopic (exact) mass is 436 g/mol. The molecule has 1 atom stereocenters. The van der Waals surface area contributed by atoms with Crippen molar-refractivity contribution in [3.63, 3.8) is 0 Å². The van der Waals surface area contributed by atoms with Crippen molar-refractivity contribution in [2.24, 2.45) is 5.92 Å². The van der Waals surface area contributed by atoms with Crippen molar-refractivity contribution in [2.75, 3.05) is 24.5 Å². The summed E-state index contributed by atoms with van der Waals surface area (Å²) in [5.74, 6) is -0.345. The zero-order valence-corrected chi connectivity index (χ0v) is 17.9. The summed E-state index contributed by atoms with van der Waals surface area (Å²) in [6, 6.07) is 12.8. The maximum atomic E-state index is 13.4. The van der Waals surface area contributed by atoms with Gasteiger partial charge >= 0.3 is 0 Å². The Bertz CT molecular complexity index is 1110. The van der Waals surface area contributed by atoms with Crippen LogP contribution in [0.3, 0.4) is 0 Å². The lowest BCUT2D eigenvalue weighted by molar-refractivity contribution is 0.0942. The second-order valence-electron chi connectivity index (χ2n) is 8.66. The molecule has 166 valence electrons. The first kappa shape index (κ1) is 20.7. The fourth-order valence-electron chi connectivity index (χ4n) is 4.78. The number of rotatable bonds is 5. The van der Waals surface area contributed by atoms with Crippen LogP contribution in [-0.2, 0) is 12.8 Å². The molecule has 0 bridgehead atoms. The van der Waals surface area contributed by atoms with E-state index in [4.69, 9.17) is 0 Å². The number of hydrogen-bond donors (Lipinski definition) is 1. The number of nitrogens with one attached hydrogen (secondary N) is 1. The van der Waals surface area contributed by atoms with Gasteiger partial charge in [-0.15, -0.1) is 0 Å². The minimum Gasteiger partial charge on any atom is -0.371 e. The molecule has 2 heterocycles. The molecule has 2 aliphatic rings. The summed E-state index contributed by atoms with van der Waals surface area (Å²) in [6.45, 7) is 2.30. The van der Waals surface area contributed by atoms with E-state index >= 15 is 0 Å². The van der Waals surface area contributed by atoms with Gasteiger partial charge in [-0.05, 0) is 86.6 Å². The third kappa shape index (κ3) is 4.11. The molecule has 5 rings (SSSR count). The maximum Gasteiger partial charge on any atom is 0.272 e. The fourth-order valence-corrected chi connectivity index (χ4v) is 4.78. The summed E-state index contributed by atoms with van der Waals surface area (Å²) in [5, 5.41) is 7.73. The van der Waals surface area contributed by atoms with Gasteiger partial charge in [0.1, 0.15) is 11.6 Å². The summed E-state index contributed by atoms with van der Waals surface area (Å²) < 4.78 is 28.3. The Labute approximate surface area is 186 Å². The first-order chi connectivity index (χ1) is 15.6. The summed E-state index contributed by atoms with van der Waals surface area (Å²) in [6.07, 6.45) is 4.77. The minimum absolute atomic E-state index is 0.149. The molecule has 2 aromatic carbocycles. The third-order valence-electron chi connectivity index (χ3n) is 6.50. The van der Waals surface area contributed by atoms with E-state index in [1.807, 2.05) is 0 Å². The highest BCUT2D eigenvalue weighted by atomic mass is 19.1. The van der Waals surface area contributed by atoms with Crippen molar-refractivity contribution in [1.29, 1.82) is 0 Å². The highest BCUT2D eigenvalue weighted by Gasteiger charge is 2.27. The molecule has 0 radical (unpaired) electrons. The summed E-state index contributed by atoms with van der Waals surface area (Å²) >= 11 is 0. The highest BCUT2D eigenvalue weighted by Crippen LogP contribution is 2.28. The van der Waals surface area contributed by atoms with Crippen LogP contribution in [0.15, 0.2) is 48.5 Å². The summed E-state index contributed by atoms with van der Waals surface area (Å²) in [5.41, 5.74) is 4.33. The zero-order chi connectivity index (χ0) is 22.1. The molecule has 1 unspecified atom stereocenters. The van der Waals surface area contributed by atoms with Crippen LogP contribution in [0.2, 0.25) is 0 Å². The Morgan fingerprint density at radius 1 is 0.969 bits per heavy atom. The van der Waals surface area contributed by atoms with Crippen molar-refractivity contribution in [2.45, 2.75) is 32.1 Å². The van der Waals surface area contributed by atoms with E-state index in [1.165, 1.54) is 24.3 Å². The lowest BCUT2D eigenvalue weighted by Gasteiger charge is -2.19. The Balaban J connectivity index is 1.28. The van der Waals surface area contributed by atoms with Crippen LogP contribution in [0.4, 0.5) is 14.5 Å². The SMILES string of the molecule is O=C(NCC1CCN(c2ccc(F)cc2)C1)c1nn(-c2ccc(F)cc2)c2c1CCCC2. The lowest BCUT2D eigenvalue weighted by Crippen LogP contribution is -2.32.